The molecule has 7 heteroatoms. The molecule has 5 saturated carbocycles. The molecular formula is C22H32N4O3. The Morgan fingerprint density at radius 3 is 2.28 bits per heavy atom. The third-order valence-electron chi connectivity index (χ3n) is 7.58. The van der Waals surface area contributed by atoms with Gasteiger partial charge in [-0.1, -0.05) is 19.0 Å². The first-order valence-corrected chi connectivity index (χ1v) is 11.3. The standard InChI is InChI=1S/C22H32N4O3/c1-12(2)18(20-25-19(26-29-20)16-3-4-16)24-17(27)11-23-21(28)22-8-13-5-14(9-22)7-15(6-13)10-22/h12-16,18H,3-11H2,1-2H3,(H,23,28)(H,24,27). The van der Waals surface area contributed by atoms with Gasteiger partial charge < -0.3 is 15.2 Å². The molecule has 2 N–H and O–H groups in total. The average Bonchev–Trinajstić information content (AvgIpc) is 3.40. The Labute approximate surface area is 171 Å². The van der Waals surface area contributed by atoms with E-state index in [1.54, 1.807) is 0 Å². The summed E-state index contributed by atoms with van der Waals surface area (Å²) in [5, 5.41) is 10.00. The molecule has 5 aliphatic rings. The van der Waals surface area contributed by atoms with Crippen LogP contribution in [-0.4, -0.2) is 28.5 Å². The highest BCUT2D eigenvalue weighted by Crippen LogP contribution is 2.60. The zero-order chi connectivity index (χ0) is 20.2. The maximum Gasteiger partial charge on any atom is 0.249 e. The summed E-state index contributed by atoms with van der Waals surface area (Å²) in [5.41, 5.74) is -0.224. The number of hydrogen-bond acceptors (Lipinski definition) is 5. The van der Waals surface area contributed by atoms with E-state index in [9.17, 15) is 9.59 Å². The van der Waals surface area contributed by atoms with Crippen molar-refractivity contribution in [2.24, 2.45) is 29.1 Å². The molecule has 1 heterocycles. The molecule has 0 radical (unpaired) electrons. The molecule has 5 aliphatic carbocycles. The van der Waals surface area contributed by atoms with Crippen LogP contribution in [-0.2, 0) is 9.59 Å². The van der Waals surface area contributed by atoms with Gasteiger partial charge in [-0.25, -0.2) is 0 Å². The summed E-state index contributed by atoms with van der Waals surface area (Å²) in [7, 11) is 0. The molecule has 4 bridgehead atoms. The van der Waals surface area contributed by atoms with Crippen LogP contribution in [0.25, 0.3) is 0 Å². The smallest absolute Gasteiger partial charge is 0.249 e. The summed E-state index contributed by atoms with van der Waals surface area (Å²) >= 11 is 0. The second-order valence-electron chi connectivity index (χ2n) is 10.4. The largest absolute Gasteiger partial charge is 0.347 e. The van der Waals surface area contributed by atoms with Crippen LogP contribution in [0.15, 0.2) is 4.52 Å². The molecule has 2 amide bonds. The van der Waals surface area contributed by atoms with Gasteiger partial charge in [-0.05, 0) is 75.0 Å². The van der Waals surface area contributed by atoms with Crippen LogP contribution in [0, 0.1) is 29.1 Å². The van der Waals surface area contributed by atoms with Gasteiger partial charge in [0.25, 0.3) is 0 Å². The highest BCUT2D eigenvalue weighted by molar-refractivity contribution is 5.88. The minimum absolute atomic E-state index is 0.00736. The van der Waals surface area contributed by atoms with Gasteiger partial charge in [-0.3, -0.25) is 9.59 Å². The van der Waals surface area contributed by atoms with Crippen molar-refractivity contribution in [1.29, 1.82) is 0 Å². The van der Waals surface area contributed by atoms with Crippen molar-refractivity contribution >= 4 is 11.8 Å². The lowest BCUT2D eigenvalue weighted by molar-refractivity contribution is -0.147. The van der Waals surface area contributed by atoms with Crippen LogP contribution in [0.3, 0.4) is 0 Å². The van der Waals surface area contributed by atoms with E-state index in [2.05, 4.69) is 20.8 Å². The predicted molar refractivity (Wildman–Crippen MR) is 106 cm³/mol. The monoisotopic (exact) mass is 400 g/mol. The Morgan fingerprint density at radius 2 is 1.72 bits per heavy atom. The number of nitrogens with one attached hydrogen (secondary N) is 2. The van der Waals surface area contributed by atoms with Crippen molar-refractivity contribution in [3.63, 3.8) is 0 Å². The van der Waals surface area contributed by atoms with Gasteiger partial charge in [-0.2, -0.15) is 4.98 Å². The molecule has 1 aromatic heterocycles. The summed E-state index contributed by atoms with van der Waals surface area (Å²) in [5.74, 6) is 3.76. The SMILES string of the molecule is CC(C)C(NC(=O)CNC(=O)C12CC3CC(CC(C3)C1)C2)c1nc(C2CC2)no1. The quantitative estimate of drug-likeness (QED) is 0.733. The number of rotatable bonds is 7. The van der Waals surface area contributed by atoms with Crippen molar-refractivity contribution in [2.75, 3.05) is 6.54 Å². The zero-order valence-electron chi connectivity index (χ0n) is 17.4. The van der Waals surface area contributed by atoms with Crippen molar-refractivity contribution < 1.29 is 14.1 Å². The third-order valence-corrected chi connectivity index (χ3v) is 7.58. The van der Waals surface area contributed by atoms with Crippen LogP contribution in [0.2, 0.25) is 0 Å². The molecule has 5 fully saturated rings. The second-order valence-corrected chi connectivity index (χ2v) is 10.4. The second kappa shape index (κ2) is 7.10. The minimum Gasteiger partial charge on any atom is -0.347 e. The molecule has 0 aromatic carbocycles. The molecule has 29 heavy (non-hydrogen) atoms. The lowest BCUT2D eigenvalue weighted by Crippen LogP contribution is -2.54. The Bertz CT molecular complexity index is 762. The minimum atomic E-state index is -0.334. The molecular weight excluding hydrogens is 368 g/mol. The summed E-state index contributed by atoms with van der Waals surface area (Å²) in [4.78, 5) is 30.1. The van der Waals surface area contributed by atoms with Gasteiger partial charge in [0.15, 0.2) is 5.82 Å². The van der Waals surface area contributed by atoms with E-state index < -0.39 is 0 Å². The van der Waals surface area contributed by atoms with E-state index in [1.807, 2.05) is 13.8 Å². The molecule has 7 nitrogen and oxygen atoms in total. The number of aromatic nitrogens is 2. The van der Waals surface area contributed by atoms with Crippen molar-refractivity contribution in [3.8, 4) is 0 Å². The number of carbonyl (C=O) groups is 2. The van der Waals surface area contributed by atoms with Crippen molar-refractivity contribution in [2.45, 2.75) is 77.2 Å². The highest BCUT2D eigenvalue weighted by Gasteiger charge is 2.54. The number of hydrogen-bond donors (Lipinski definition) is 2. The van der Waals surface area contributed by atoms with Gasteiger partial charge in [0.2, 0.25) is 17.7 Å². The van der Waals surface area contributed by atoms with E-state index in [4.69, 9.17) is 4.52 Å². The number of carbonyl (C=O) groups excluding carboxylic acids is 2. The Morgan fingerprint density at radius 1 is 1.10 bits per heavy atom. The fourth-order valence-corrected chi connectivity index (χ4v) is 6.36. The topological polar surface area (TPSA) is 97.1 Å². The molecule has 0 aliphatic heterocycles. The van der Waals surface area contributed by atoms with E-state index in [-0.39, 0.29) is 35.7 Å². The normalized spacial score (nSPS) is 33.7. The fourth-order valence-electron chi connectivity index (χ4n) is 6.36. The van der Waals surface area contributed by atoms with E-state index in [0.717, 1.165) is 37.9 Å². The van der Waals surface area contributed by atoms with Crippen molar-refractivity contribution in [1.82, 2.24) is 20.8 Å². The first-order valence-electron chi connectivity index (χ1n) is 11.3. The molecule has 1 aromatic rings. The summed E-state index contributed by atoms with van der Waals surface area (Å²) in [6.07, 6.45) is 9.14. The first kappa shape index (κ1) is 19.1. The molecule has 1 unspecified atom stereocenters. The Kier molecular flexibility index (Phi) is 4.67. The van der Waals surface area contributed by atoms with E-state index in [1.165, 1.54) is 19.3 Å². The van der Waals surface area contributed by atoms with E-state index in [0.29, 0.717) is 29.6 Å². The van der Waals surface area contributed by atoms with Gasteiger partial charge in [0.05, 0.1) is 6.54 Å². The lowest BCUT2D eigenvalue weighted by Gasteiger charge is -2.55. The molecule has 1 atom stereocenters. The van der Waals surface area contributed by atoms with Gasteiger partial charge >= 0.3 is 0 Å². The van der Waals surface area contributed by atoms with Crippen molar-refractivity contribution in [3.05, 3.63) is 11.7 Å². The lowest BCUT2D eigenvalue weighted by atomic mass is 9.49. The van der Waals surface area contributed by atoms with Crippen LogP contribution in [0.1, 0.15) is 88.9 Å². The third kappa shape index (κ3) is 3.68. The fraction of sp³-hybridized carbons (Fsp3) is 0.818. The summed E-state index contributed by atoms with van der Waals surface area (Å²) in [6, 6.07) is -0.334. The van der Waals surface area contributed by atoms with Gasteiger partial charge in [-0.15, -0.1) is 0 Å². The zero-order valence-corrected chi connectivity index (χ0v) is 17.4. The molecule has 6 rings (SSSR count). The number of nitrogens with zero attached hydrogens (tertiary/aromatic N) is 2. The first-order chi connectivity index (χ1) is 13.9. The van der Waals surface area contributed by atoms with Crippen LogP contribution in [0.5, 0.6) is 0 Å². The Hall–Kier alpha value is -1.92. The Balaban J connectivity index is 1.18. The van der Waals surface area contributed by atoms with Gasteiger partial charge in [0, 0.05) is 11.3 Å². The summed E-state index contributed by atoms with van der Waals surface area (Å²) in [6.45, 7) is 4.04. The number of amides is 2. The van der Waals surface area contributed by atoms with Gasteiger partial charge in [0.1, 0.15) is 6.04 Å². The molecule has 0 saturated heterocycles. The maximum atomic E-state index is 13.0. The highest BCUT2D eigenvalue weighted by atomic mass is 16.5. The van der Waals surface area contributed by atoms with Crippen LogP contribution in [0.4, 0.5) is 0 Å². The van der Waals surface area contributed by atoms with E-state index >= 15 is 0 Å². The summed E-state index contributed by atoms with van der Waals surface area (Å²) < 4.78 is 5.42. The maximum absolute atomic E-state index is 13.0. The van der Waals surface area contributed by atoms with Crippen LogP contribution >= 0.6 is 0 Å². The molecule has 0 spiro atoms. The predicted octanol–water partition coefficient (Wildman–Crippen LogP) is 3.09. The molecule has 158 valence electrons. The average molecular weight is 401 g/mol. The van der Waals surface area contributed by atoms with Crippen LogP contribution < -0.4 is 10.6 Å².